The minimum absolute atomic E-state index is 0.0799. The second-order valence-corrected chi connectivity index (χ2v) is 2.97. The van der Waals surface area contributed by atoms with Gasteiger partial charge >= 0.3 is 11.9 Å². The Balaban J connectivity index is 2.61. The molecular formula is C8H6N4O4. The van der Waals surface area contributed by atoms with Gasteiger partial charge in [0, 0.05) is 0 Å². The van der Waals surface area contributed by atoms with Crippen molar-refractivity contribution in [3.05, 3.63) is 18.3 Å². The molecule has 0 amide bonds. The SMILES string of the molecule is O=C(O)Cn1cnc2c(C(=O)O)ncnc21. The summed E-state index contributed by atoms with van der Waals surface area (Å²) in [5, 5.41) is 17.4. The smallest absolute Gasteiger partial charge is 0.356 e. The van der Waals surface area contributed by atoms with Gasteiger partial charge in [-0.1, -0.05) is 0 Å². The molecule has 0 spiro atoms. The number of carboxylic acids is 2. The number of rotatable bonds is 3. The van der Waals surface area contributed by atoms with E-state index in [4.69, 9.17) is 10.2 Å². The molecule has 8 nitrogen and oxygen atoms in total. The highest BCUT2D eigenvalue weighted by Crippen LogP contribution is 2.12. The maximum Gasteiger partial charge on any atom is 0.356 e. The third-order valence-electron chi connectivity index (χ3n) is 1.91. The van der Waals surface area contributed by atoms with Crippen LogP contribution in [0.4, 0.5) is 0 Å². The van der Waals surface area contributed by atoms with Crippen LogP contribution in [-0.2, 0) is 11.3 Å². The van der Waals surface area contributed by atoms with Crippen molar-refractivity contribution in [1.82, 2.24) is 19.5 Å². The Morgan fingerprint density at radius 2 is 2.00 bits per heavy atom. The van der Waals surface area contributed by atoms with E-state index in [0.29, 0.717) is 0 Å². The van der Waals surface area contributed by atoms with Crippen molar-refractivity contribution in [1.29, 1.82) is 0 Å². The highest BCUT2D eigenvalue weighted by atomic mass is 16.4. The standard InChI is InChI=1S/C8H6N4O4/c13-4(14)1-12-3-11-5-6(8(15)16)9-2-10-7(5)12/h2-3H,1H2,(H,13,14)(H,15,16). The molecule has 2 aromatic heterocycles. The number of hydrogen-bond donors (Lipinski definition) is 2. The van der Waals surface area contributed by atoms with Crippen LogP contribution in [0.3, 0.4) is 0 Å². The quantitative estimate of drug-likeness (QED) is 0.725. The van der Waals surface area contributed by atoms with Crippen LogP contribution in [0.5, 0.6) is 0 Å². The monoisotopic (exact) mass is 222 g/mol. The molecule has 0 atom stereocenters. The first-order valence-corrected chi connectivity index (χ1v) is 4.20. The Bertz CT molecular complexity index is 576. The van der Waals surface area contributed by atoms with Crippen molar-refractivity contribution in [2.75, 3.05) is 0 Å². The van der Waals surface area contributed by atoms with Crippen LogP contribution in [0.1, 0.15) is 10.5 Å². The van der Waals surface area contributed by atoms with Gasteiger partial charge in [0.1, 0.15) is 18.4 Å². The molecule has 82 valence electrons. The fourth-order valence-corrected chi connectivity index (χ4v) is 1.30. The molecule has 0 fully saturated rings. The van der Waals surface area contributed by atoms with E-state index in [2.05, 4.69) is 15.0 Å². The summed E-state index contributed by atoms with van der Waals surface area (Å²) in [5.41, 5.74) is 0.0280. The third kappa shape index (κ3) is 1.56. The first kappa shape index (κ1) is 10.0. The molecule has 0 aromatic carbocycles. The highest BCUT2D eigenvalue weighted by Gasteiger charge is 2.15. The predicted molar refractivity (Wildman–Crippen MR) is 49.9 cm³/mol. The van der Waals surface area contributed by atoms with Crippen LogP contribution >= 0.6 is 0 Å². The lowest BCUT2D eigenvalue weighted by Gasteiger charge is -1.98. The average molecular weight is 222 g/mol. The Hall–Kier alpha value is -2.51. The van der Waals surface area contributed by atoms with E-state index in [1.807, 2.05) is 0 Å². The summed E-state index contributed by atoms with van der Waals surface area (Å²) in [4.78, 5) is 32.5. The molecule has 16 heavy (non-hydrogen) atoms. The molecule has 2 rings (SSSR count). The molecule has 0 saturated heterocycles. The fraction of sp³-hybridized carbons (Fsp3) is 0.125. The second-order valence-electron chi connectivity index (χ2n) is 2.97. The molecule has 0 aliphatic heterocycles. The van der Waals surface area contributed by atoms with E-state index in [0.717, 1.165) is 6.33 Å². The molecule has 2 heterocycles. The van der Waals surface area contributed by atoms with Crippen molar-refractivity contribution in [2.45, 2.75) is 6.54 Å². The molecule has 0 aliphatic rings. The van der Waals surface area contributed by atoms with Gasteiger partial charge in [-0.25, -0.2) is 19.7 Å². The van der Waals surface area contributed by atoms with Gasteiger partial charge in [0.05, 0.1) is 6.33 Å². The van der Waals surface area contributed by atoms with Gasteiger partial charge in [0.2, 0.25) is 0 Å². The molecule has 0 radical (unpaired) electrons. The Morgan fingerprint density at radius 3 is 2.62 bits per heavy atom. The summed E-state index contributed by atoms with van der Waals surface area (Å²) >= 11 is 0. The van der Waals surface area contributed by atoms with Gasteiger partial charge in [-0.3, -0.25) is 4.79 Å². The van der Waals surface area contributed by atoms with Gasteiger partial charge in [0.25, 0.3) is 0 Å². The van der Waals surface area contributed by atoms with Crippen LogP contribution in [0, 0.1) is 0 Å². The van der Waals surface area contributed by atoms with E-state index >= 15 is 0 Å². The molecule has 0 bridgehead atoms. The van der Waals surface area contributed by atoms with Gasteiger partial charge in [0.15, 0.2) is 11.3 Å². The van der Waals surface area contributed by atoms with Gasteiger partial charge in [-0.05, 0) is 0 Å². The topological polar surface area (TPSA) is 118 Å². The summed E-state index contributed by atoms with van der Waals surface area (Å²) in [7, 11) is 0. The van der Waals surface area contributed by atoms with Crippen molar-refractivity contribution in [2.24, 2.45) is 0 Å². The van der Waals surface area contributed by atoms with E-state index in [1.165, 1.54) is 10.9 Å². The maximum atomic E-state index is 10.8. The number of imidazole rings is 1. The average Bonchev–Trinajstić information content (AvgIpc) is 2.60. The highest BCUT2D eigenvalue weighted by molar-refractivity contribution is 5.97. The van der Waals surface area contributed by atoms with E-state index < -0.39 is 11.9 Å². The molecule has 2 N–H and O–H groups in total. The number of aromatic carboxylic acids is 1. The fourth-order valence-electron chi connectivity index (χ4n) is 1.30. The molecule has 2 aromatic rings. The molecule has 0 saturated carbocycles. The normalized spacial score (nSPS) is 10.5. The van der Waals surface area contributed by atoms with Crippen molar-refractivity contribution in [3.8, 4) is 0 Å². The van der Waals surface area contributed by atoms with Crippen molar-refractivity contribution < 1.29 is 19.8 Å². The van der Waals surface area contributed by atoms with Gasteiger partial charge < -0.3 is 14.8 Å². The summed E-state index contributed by atoms with van der Waals surface area (Å²) in [5.74, 6) is -2.29. The van der Waals surface area contributed by atoms with Crippen LogP contribution in [0.25, 0.3) is 11.2 Å². The summed E-state index contributed by atoms with van der Waals surface area (Å²) in [6.07, 6.45) is 2.28. The number of aliphatic carboxylic acids is 1. The minimum atomic E-state index is -1.23. The number of carbonyl (C=O) groups is 2. The maximum absolute atomic E-state index is 10.8. The molecule has 8 heteroatoms. The second kappa shape index (κ2) is 3.57. The summed E-state index contributed by atoms with van der Waals surface area (Å²) in [6, 6.07) is 0. The number of nitrogens with zero attached hydrogens (tertiary/aromatic N) is 4. The van der Waals surface area contributed by atoms with Crippen LogP contribution in [-0.4, -0.2) is 41.7 Å². The van der Waals surface area contributed by atoms with Crippen molar-refractivity contribution >= 4 is 23.1 Å². The minimum Gasteiger partial charge on any atom is -0.480 e. The van der Waals surface area contributed by atoms with Crippen LogP contribution < -0.4 is 0 Å². The lowest BCUT2D eigenvalue weighted by Crippen LogP contribution is -2.09. The molecule has 0 aliphatic carbocycles. The van der Waals surface area contributed by atoms with Gasteiger partial charge in [-0.15, -0.1) is 0 Å². The lowest BCUT2D eigenvalue weighted by molar-refractivity contribution is -0.137. The Labute approximate surface area is 88.2 Å². The zero-order valence-corrected chi connectivity index (χ0v) is 7.86. The number of aromatic nitrogens is 4. The van der Waals surface area contributed by atoms with E-state index in [1.54, 1.807) is 0 Å². The number of fused-ring (bicyclic) bond motifs is 1. The van der Waals surface area contributed by atoms with Crippen LogP contribution in [0.2, 0.25) is 0 Å². The first-order chi connectivity index (χ1) is 7.59. The van der Waals surface area contributed by atoms with Crippen LogP contribution in [0.15, 0.2) is 12.7 Å². The largest absolute Gasteiger partial charge is 0.480 e. The Kier molecular flexibility index (Phi) is 2.24. The zero-order chi connectivity index (χ0) is 11.7. The van der Waals surface area contributed by atoms with E-state index in [9.17, 15) is 9.59 Å². The van der Waals surface area contributed by atoms with Crippen molar-refractivity contribution in [3.63, 3.8) is 0 Å². The number of hydrogen-bond acceptors (Lipinski definition) is 5. The molecular weight excluding hydrogens is 216 g/mol. The van der Waals surface area contributed by atoms with Gasteiger partial charge in [-0.2, -0.15) is 0 Å². The first-order valence-electron chi connectivity index (χ1n) is 4.20. The lowest BCUT2D eigenvalue weighted by atomic mass is 10.3. The summed E-state index contributed by atoms with van der Waals surface area (Å²) < 4.78 is 1.24. The molecule has 0 unspecified atom stereocenters. The summed E-state index contributed by atoms with van der Waals surface area (Å²) in [6.45, 7) is -0.327. The number of carboxylic acid groups (broad SMARTS) is 2. The van der Waals surface area contributed by atoms with E-state index in [-0.39, 0.29) is 23.4 Å². The Morgan fingerprint density at radius 1 is 1.25 bits per heavy atom. The third-order valence-corrected chi connectivity index (χ3v) is 1.91. The zero-order valence-electron chi connectivity index (χ0n) is 7.86. The predicted octanol–water partition coefficient (Wildman–Crippen LogP) is -0.391.